The van der Waals surface area contributed by atoms with Crippen molar-refractivity contribution in [3.8, 4) is 0 Å². The van der Waals surface area contributed by atoms with Crippen molar-refractivity contribution in [2.24, 2.45) is 5.92 Å². The smallest absolute Gasteiger partial charge is 0.337 e. The van der Waals surface area contributed by atoms with Gasteiger partial charge in [0, 0.05) is 18.3 Å². The number of aryl methyl sites for hydroxylation is 1. The highest BCUT2D eigenvalue weighted by Gasteiger charge is 2.11. The number of hydrogen-bond donors (Lipinski definition) is 2. The van der Waals surface area contributed by atoms with E-state index < -0.39 is 5.97 Å². The summed E-state index contributed by atoms with van der Waals surface area (Å²) in [6.45, 7) is 6.95. The highest BCUT2D eigenvalue weighted by molar-refractivity contribution is 6.33. The minimum absolute atomic E-state index is 0.398. The van der Waals surface area contributed by atoms with E-state index in [9.17, 15) is 4.79 Å². The summed E-state index contributed by atoms with van der Waals surface area (Å²) < 4.78 is 4.72. The topological polar surface area (TPSA) is 76.1 Å². The molecule has 2 aromatic rings. The summed E-state index contributed by atoms with van der Waals surface area (Å²) in [4.78, 5) is 20.4. The van der Waals surface area contributed by atoms with Gasteiger partial charge in [-0.1, -0.05) is 25.4 Å². The average Bonchev–Trinajstić information content (AvgIpc) is 2.53. The molecule has 0 saturated heterocycles. The molecule has 0 aliphatic heterocycles. The summed E-state index contributed by atoms with van der Waals surface area (Å²) in [7, 11) is 1.33. The number of carbonyl (C=O) groups excluding carboxylic acids is 1. The molecule has 0 aliphatic carbocycles. The summed E-state index contributed by atoms with van der Waals surface area (Å²) in [5.74, 6) is 1.21. The number of hydrogen-bond acceptors (Lipinski definition) is 6. The largest absolute Gasteiger partial charge is 0.465 e. The summed E-state index contributed by atoms with van der Waals surface area (Å²) >= 11 is 6.19. The normalized spacial score (nSPS) is 10.6. The molecule has 2 N–H and O–H groups in total. The van der Waals surface area contributed by atoms with Crippen LogP contribution in [0.2, 0.25) is 5.02 Å². The van der Waals surface area contributed by atoms with Crippen molar-refractivity contribution < 1.29 is 9.53 Å². The molecule has 24 heavy (non-hydrogen) atoms. The van der Waals surface area contributed by atoms with Crippen molar-refractivity contribution in [3.63, 3.8) is 0 Å². The third kappa shape index (κ3) is 4.83. The van der Waals surface area contributed by atoms with Gasteiger partial charge in [-0.05, 0) is 31.0 Å². The Hall–Kier alpha value is -2.34. The molecule has 0 aliphatic rings. The monoisotopic (exact) mass is 348 g/mol. The Kier molecular flexibility index (Phi) is 5.98. The van der Waals surface area contributed by atoms with Crippen molar-refractivity contribution in [1.29, 1.82) is 0 Å². The van der Waals surface area contributed by atoms with Crippen LogP contribution in [0.1, 0.15) is 29.9 Å². The SMILES string of the molecule is COC(=O)c1ccc(Cl)c(Nc2nc(C)cc(NCC(C)C)n2)c1. The minimum Gasteiger partial charge on any atom is -0.465 e. The van der Waals surface area contributed by atoms with E-state index in [4.69, 9.17) is 16.3 Å². The van der Waals surface area contributed by atoms with Crippen molar-refractivity contribution >= 4 is 35.0 Å². The molecule has 0 amide bonds. The van der Waals surface area contributed by atoms with E-state index >= 15 is 0 Å². The molecule has 0 spiro atoms. The Labute approximate surface area is 146 Å². The highest BCUT2D eigenvalue weighted by Crippen LogP contribution is 2.26. The number of carbonyl (C=O) groups is 1. The molecule has 128 valence electrons. The van der Waals surface area contributed by atoms with Gasteiger partial charge >= 0.3 is 5.97 Å². The molecule has 0 bridgehead atoms. The molecule has 0 saturated carbocycles. The first-order chi connectivity index (χ1) is 11.4. The number of halogens is 1. The molecule has 0 atom stereocenters. The Balaban J connectivity index is 2.25. The Morgan fingerprint density at radius 3 is 2.71 bits per heavy atom. The highest BCUT2D eigenvalue weighted by atomic mass is 35.5. The Bertz CT molecular complexity index is 735. The van der Waals surface area contributed by atoms with Crippen LogP contribution in [0.4, 0.5) is 17.5 Å². The van der Waals surface area contributed by atoms with Gasteiger partial charge in [0.25, 0.3) is 0 Å². The zero-order chi connectivity index (χ0) is 17.7. The van der Waals surface area contributed by atoms with Gasteiger partial charge in [-0.3, -0.25) is 0 Å². The van der Waals surface area contributed by atoms with Crippen LogP contribution in [0, 0.1) is 12.8 Å². The molecule has 6 nitrogen and oxygen atoms in total. The number of rotatable bonds is 6. The molecule has 7 heteroatoms. The Morgan fingerprint density at radius 2 is 2.04 bits per heavy atom. The molecular formula is C17H21ClN4O2. The fourth-order valence-corrected chi connectivity index (χ4v) is 2.17. The predicted octanol–water partition coefficient (Wildman–Crippen LogP) is 4.04. The van der Waals surface area contributed by atoms with Crippen LogP contribution in [-0.4, -0.2) is 29.6 Å². The second-order valence-corrected chi connectivity index (χ2v) is 6.21. The van der Waals surface area contributed by atoms with Crippen LogP contribution in [0.5, 0.6) is 0 Å². The van der Waals surface area contributed by atoms with Crippen LogP contribution in [0.3, 0.4) is 0 Å². The summed E-state index contributed by atoms with van der Waals surface area (Å²) in [5, 5.41) is 6.79. The van der Waals surface area contributed by atoms with Crippen LogP contribution in [-0.2, 0) is 4.74 Å². The first-order valence-electron chi connectivity index (χ1n) is 7.63. The number of anilines is 3. The number of esters is 1. The van der Waals surface area contributed by atoms with Gasteiger partial charge in [0.2, 0.25) is 5.95 Å². The average molecular weight is 349 g/mol. The lowest BCUT2D eigenvalue weighted by molar-refractivity contribution is 0.0601. The molecule has 0 unspecified atom stereocenters. The standard InChI is InChI=1S/C17H21ClN4O2/c1-10(2)9-19-15-7-11(3)20-17(22-15)21-14-8-12(16(23)24-4)5-6-13(14)18/h5-8,10H,9H2,1-4H3,(H2,19,20,21,22). The van der Waals surface area contributed by atoms with Crippen molar-refractivity contribution in [1.82, 2.24) is 9.97 Å². The molecule has 0 radical (unpaired) electrons. The van der Waals surface area contributed by atoms with Crippen LogP contribution in [0.25, 0.3) is 0 Å². The van der Waals surface area contributed by atoms with Crippen molar-refractivity contribution in [2.75, 3.05) is 24.3 Å². The number of nitrogens with zero attached hydrogens (tertiary/aromatic N) is 2. The third-order valence-corrected chi connectivity index (χ3v) is 3.51. The van der Waals surface area contributed by atoms with Gasteiger partial charge in [0.1, 0.15) is 5.82 Å². The number of aromatic nitrogens is 2. The zero-order valence-electron chi connectivity index (χ0n) is 14.2. The summed E-state index contributed by atoms with van der Waals surface area (Å²) in [5.41, 5.74) is 1.76. The first kappa shape index (κ1) is 18.0. The van der Waals surface area contributed by atoms with Gasteiger partial charge in [-0.2, -0.15) is 4.98 Å². The fraction of sp³-hybridized carbons (Fsp3) is 0.353. The number of ether oxygens (including phenoxy) is 1. The van der Waals surface area contributed by atoms with Gasteiger partial charge in [0.05, 0.1) is 23.4 Å². The maximum atomic E-state index is 11.7. The predicted molar refractivity (Wildman–Crippen MR) is 96.2 cm³/mol. The second-order valence-electron chi connectivity index (χ2n) is 5.80. The van der Waals surface area contributed by atoms with E-state index in [1.54, 1.807) is 18.2 Å². The van der Waals surface area contributed by atoms with Gasteiger partial charge < -0.3 is 15.4 Å². The maximum absolute atomic E-state index is 11.7. The van der Waals surface area contributed by atoms with Crippen molar-refractivity contribution in [2.45, 2.75) is 20.8 Å². The molecule has 1 heterocycles. The third-order valence-electron chi connectivity index (χ3n) is 3.18. The molecular weight excluding hydrogens is 328 g/mol. The summed E-state index contributed by atoms with van der Waals surface area (Å²) in [6.07, 6.45) is 0. The number of benzene rings is 1. The van der Waals surface area contributed by atoms with E-state index in [-0.39, 0.29) is 0 Å². The second kappa shape index (κ2) is 7.97. The lowest BCUT2D eigenvalue weighted by atomic mass is 10.2. The zero-order valence-corrected chi connectivity index (χ0v) is 14.9. The fourth-order valence-electron chi connectivity index (χ4n) is 2.01. The minimum atomic E-state index is -0.431. The van der Waals surface area contributed by atoms with Crippen LogP contribution in [0.15, 0.2) is 24.3 Å². The maximum Gasteiger partial charge on any atom is 0.337 e. The molecule has 1 aromatic carbocycles. The van der Waals surface area contributed by atoms with Crippen molar-refractivity contribution in [3.05, 3.63) is 40.5 Å². The van der Waals surface area contributed by atoms with Gasteiger partial charge in [0.15, 0.2) is 0 Å². The van der Waals surface area contributed by atoms with E-state index in [1.165, 1.54) is 7.11 Å². The van der Waals surface area contributed by atoms with Crippen LogP contribution < -0.4 is 10.6 Å². The molecule has 0 fully saturated rings. The number of methoxy groups -OCH3 is 1. The van der Waals surface area contributed by atoms with Crippen LogP contribution >= 0.6 is 11.6 Å². The van der Waals surface area contributed by atoms with E-state index in [0.29, 0.717) is 28.1 Å². The van der Waals surface area contributed by atoms with E-state index in [2.05, 4.69) is 34.4 Å². The van der Waals surface area contributed by atoms with E-state index in [0.717, 1.165) is 18.1 Å². The number of nitrogens with one attached hydrogen (secondary N) is 2. The quantitative estimate of drug-likeness (QED) is 0.767. The van der Waals surface area contributed by atoms with E-state index in [1.807, 2.05) is 13.0 Å². The lowest BCUT2D eigenvalue weighted by Gasteiger charge is -2.12. The first-order valence-corrected chi connectivity index (χ1v) is 8.01. The summed E-state index contributed by atoms with van der Waals surface area (Å²) in [6, 6.07) is 6.72. The van der Waals surface area contributed by atoms with Gasteiger partial charge in [-0.25, -0.2) is 9.78 Å². The van der Waals surface area contributed by atoms with Gasteiger partial charge in [-0.15, -0.1) is 0 Å². The Morgan fingerprint density at radius 1 is 1.29 bits per heavy atom. The lowest BCUT2D eigenvalue weighted by Crippen LogP contribution is -2.11. The molecule has 1 aromatic heterocycles. The molecule has 2 rings (SSSR count).